The number of nitrogen functional groups attached to an aromatic ring is 1. The summed E-state index contributed by atoms with van der Waals surface area (Å²) in [5.74, 6) is -2.90. The first-order valence-electron chi connectivity index (χ1n) is 36.1. The summed E-state index contributed by atoms with van der Waals surface area (Å²) >= 11 is 0. The molecule has 2 aromatic carbocycles. The predicted octanol–water partition coefficient (Wildman–Crippen LogP) is 4.38. The van der Waals surface area contributed by atoms with Crippen LogP contribution in [-0.4, -0.2) is 167 Å². The van der Waals surface area contributed by atoms with Crippen molar-refractivity contribution in [1.82, 2.24) is 62.5 Å². The van der Waals surface area contributed by atoms with Gasteiger partial charge in [0.05, 0.1) is 36.5 Å². The zero-order chi connectivity index (χ0) is 85.1. The van der Waals surface area contributed by atoms with Gasteiger partial charge in [-0.3, -0.25) is 52.2 Å². The van der Waals surface area contributed by atoms with Crippen LogP contribution in [0, 0.1) is 29.6 Å². The van der Waals surface area contributed by atoms with E-state index in [1.165, 1.54) is 90.9 Å². The van der Waals surface area contributed by atoms with Crippen LogP contribution in [0.15, 0.2) is 201 Å². The molecule has 5 aliphatic rings. The Morgan fingerprint density at radius 2 is 1.02 bits per heavy atom. The van der Waals surface area contributed by atoms with Crippen molar-refractivity contribution in [2.75, 3.05) is 18.9 Å². The Kier molecular flexibility index (Phi) is 31.6. The second kappa shape index (κ2) is 40.5. The molecule has 13 rings (SSSR count). The van der Waals surface area contributed by atoms with Gasteiger partial charge in [-0.25, -0.2) is 43.2 Å². The average Bonchev–Trinajstić information content (AvgIpc) is 1.61. The van der Waals surface area contributed by atoms with Gasteiger partial charge in [0.2, 0.25) is 0 Å². The number of aromatic amines is 3. The van der Waals surface area contributed by atoms with Crippen molar-refractivity contribution in [1.29, 1.82) is 0 Å². The minimum atomic E-state index is -1.82. The Hall–Kier alpha value is -12.8. The first kappa shape index (κ1) is 91.4. The Bertz CT molecular complexity index is 5390. The number of hydrogen-bond donors (Lipinski definition) is 9. The van der Waals surface area contributed by atoms with E-state index < -0.39 is 166 Å². The fraction of sp³-hybridized carbons (Fsp3) is 0.472. The number of hydrogen-bond acceptors (Lipinski definition) is 30. The van der Waals surface area contributed by atoms with Gasteiger partial charge in [-0.15, -0.1) is 0 Å². The summed E-state index contributed by atoms with van der Waals surface area (Å²) < 4.78 is 47.1. The summed E-state index contributed by atoms with van der Waals surface area (Å²) in [5.41, 5.74) is 23.6. The number of ether oxygens (including phenoxy) is 7. The Morgan fingerprint density at radius 1 is 0.581 bits per heavy atom. The third kappa shape index (κ3) is 20.3. The van der Waals surface area contributed by atoms with Crippen LogP contribution in [-0.2, 0) is 33.2 Å². The molecule has 0 bridgehead atoms. The number of aromatic nitrogens is 13. The number of H-pyrrole nitrogens is 3. The van der Waals surface area contributed by atoms with Gasteiger partial charge in [-0.05, 0) is 65.8 Å². The lowest BCUT2D eigenvalue weighted by Gasteiger charge is -2.29. The summed E-state index contributed by atoms with van der Waals surface area (Å²) in [7, 11) is 0. The number of rotatable bonds is 18. The first-order valence-corrected chi connectivity index (χ1v) is 36.1. The topological polar surface area (TPSA) is 637 Å². The second-order valence-electron chi connectivity index (χ2n) is 26.6. The molecule has 45 nitrogen and oxygen atoms in total. The highest BCUT2D eigenvalue weighted by atomic mass is 16.6. The maximum atomic E-state index is 12.8. The van der Waals surface area contributed by atoms with E-state index in [0.29, 0.717) is 29.8 Å². The summed E-state index contributed by atoms with van der Waals surface area (Å²) in [6, 6.07) is 23.5. The third-order valence-electron chi connectivity index (χ3n) is 19.3. The van der Waals surface area contributed by atoms with Crippen molar-refractivity contribution in [3.05, 3.63) is 273 Å². The zero-order valence-corrected chi connectivity index (χ0v) is 63.9. The standard InChI is InChI=1S/C21H22N8O4.C18H19N5O5.C10H14N6O4.C10H14N2O5.C10H12N2O4.C2H6.CH4/c1-3-10-21(26-27-22)17(32-19(30)15-7-5-4-6-8-15)14(2)18(33-21)28-11-9-16(25-20(28)31)29-13-23-12-24-29;1-3-18(21-22-19)14(27-16(25)12-7-5-4-6-8-12)11(2)15(28-18)23-10-9-13(24)20-17(23)26;1-5-7(18)10(4-17,14-15-12)20-8(5)16-3-2-6(11)13-9(16)19;1-5-8(15)6(4-13)17-9(5)12-3-2-7(14)11-10(12)16;1-5-8(14)6(2)16-9(5)12-4-3-7(13)11-10(12)15;1-2;/h4-9,11-14,17-18H,3,10H2,1-2H3;4-11,14-15H,3H2,1-2H3,(H,20,24,26);2-3,5,7-8,17-18H,4H2,1H3,(H2,11,13,19);2-3,5-6,8-9,13,15H,4H2,1H3,(H,11,14,16);3-5,8-9,14H,2H2,1H3,(H,11,13,15);1-2H3;1H4/t14-,17-,18+,21+;11-,14-,15+,18+;5-,7-,8+,10+;5-,6+,8-,9+;5-,8-,9+;;/m00000../s1. The third-order valence-corrected chi connectivity index (χ3v) is 19.3. The molecule has 0 saturated carbocycles. The van der Waals surface area contributed by atoms with Crippen LogP contribution in [0.5, 0.6) is 0 Å². The minimum Gasteiger partial charge on any atom is -0.472 e. The van der Waals surface area contributed by atoms with Gasteiger partial charge in [0.1, 0.15) is 73.6 Å². The number of benzene rings is 2. The highest BCUT2D eigenvalue weighted by Gasteiger charge is 2.58. The molecule has 0 radical (unpaired) electrons. The van der Waals surface area contributed by atoms with E-state index in [4.69, 9.17) is 55.1 Å². The van der Waals surface area contributed by atoms with Crippen LogP contribution in [0.3, 0.4) is 0 Å². The molecule has 5 aliphatic heterocycles. The van der Waals surface area contributed by atoms with E-state index in [0.717, 1.165) is 4.57 Å². The number of nitrogens with two attached hydrogens (primary N) is 1. The van der Waals surface area contributed by atoms with E-state index in [1.807, 2.05) is 20.8 Å². The molecule has 5 fully saturated rings. The molecule has 8 aromatic rings. The SMILES string of the molecule is C.C=C1O[C@@H](n2ccc(=O)[nH]c2=O)[C@@H](C)[C@@H]1O.CC.CCC[C@@]1(N=[N+]=[N-])O[C@@H](n2ccc(-n3cncn3)nc2=O)[C@@H](C)[C@@H]1OC(=O)c1ccccc1.CC[C@@]1(N=[N+]=[N-])O[C@@H](n2ccc(=O)[nH]c2=O)[C@@H](C)[C@@H]1OC(=O)c1ccccc1.C[C@@H]1[C@H](n2ccc(N)nc2=O)O[C@@](CO)(N=[N+]=[N-])[C@H]1O.C[C@H]1[C@H](O)[C@@H](CO)O[C@H]1n1ccc(=O)[nH]c1=O. The Morgan fingerprint density at radius 3 is 1.44 bits per heavy atom. The van der Waals surface area contributed by atoms with Gasteiger partial charge in [0.15, 0.2) is 29.2 Å². The van der Waals surface area contributed by atoms with Gasteiger partial charge in [0, 0.05) is 93.5 Å². The quantitative estimate of drug-likeness (QED) is 0.0249. The molecule has 0 amide bonds. The van der Waals surface area contributed by atoms with Crippen molar-refractivity contribution in [3.63, 3.8) is 0 Å². The molecule has 0 aliphatic carbocycles. The molecule has 45 heteroatoms. The highest BCUT2D eigenvalue weighted by Crippen LogP contribution is 2.48. The molecular formula is C72H91N23O22. The lowest BCUT2D eigenvalue weighted by atomic mass is 9.94. The summed E-state index contributed by atoms with van der Waals surface area (Å²) in [5, 5.41) is 62.8. The van der Waals surface area contributed by atoms with E-state index in [2.05, 4.69) is 71.7 Å². The van der Waals surface area contributed by atoms with Crippen molar-refractivity contribution in [2.24, 2.45) is 44.9 Å². The molecule has 0 spiro atoms. The lowest BCUT2D eigenvalue weighted by Crippen LogP contribution is -2.42. The van der Waals surface area contributed by atoms with Crippen LogP contribution in [0.1, 0.15) is 141 Å². The zero-order valence-electron chi connectivity index (χ0n) is 63.9. The predicted molar refractivity (Wildman–Crippen MR) is 412 cm³/mol. The number of nitrogens with zero attached hydrogens (tertiary/aromatic N) is 19. The molecule has 626 valence electrons. The van der Waals surface area contributed by atoms with Crippen LogP contribution >= 0.6 is 0 Å². The molecule has 11 heterocycles. The average molecular weight is 1630 g/mol. The smallest absolute Gasteiger partial charge is 0.351 e. The molecule has 19 atom stereocenters. The van der Waals surface area contributed by atoms with Gasteiger partial charge in [-0.2, -0.15) is 15.1 Å². The van der Waals surface area contributed by atoms with Crippen LogP contribution in [0.25, 0.3) is 37.1 Å². The number of aliphatic hydroxyl groups is 5. The maximum Gasteiger partial charge on any atom is 0.351 e. The molecular weight excluding hydrogens is 1540 g/mol. The second-order valence-corrected chi connectivity index (χ2v) is 26.6. The van der Waals surface area contributed by atoms with E-state index in [1.54, 1.807) is 108 Å². The fourth-order valence-corrected chi connectivity index (χ4v) is 13.3. The number of carbonyl (C=O) groups excluding carboxylic acids is 2. The molecule has 117 heavy (non-hydrogen) atoms. The lowest BCUT2D eigenvalue weighted by molar-refractivity contribution is -0.124. The van der Waals surface area contributed by atoms with Crippen LogP contribution < -0.4 is 50.9 Å². The molecule has 5 saturated heterocycles. The number of anilines is 1. The summed E-state index contributed by atoms with van der Waals surface area (Å²) in [4.78, 5) is 145. The van der Waals surface area contributed by atoms with Crippen LogP contribution in [0.4, 0.5) is 5.82 Å². The van der Waals surface area contributed by atoms with Gasteiger partial charge < -0.3 is 64.4 Å². The van der Waals surface area contributed by atoms with Crippen molar-refractivity contribution < 1.29 is 68.3 Å². The van der Waals surface area contributed by atoms with Crippen molar-refractivity contribution in [3.8, 4) is 5.82 Å². The number of esters is 2. The number of carbonyl (C=O) groups is 2. The number of azide groups is 3. The normalized spacial score (nSPS) is 27.6. The fourth-order valence-electron chi connectivity index (χ4n) is 13.3. The largest absolute Gasteiger partial charge is 0.472 e. The molecule has 10 N–H and O–H groups in total. The van der Waals surface area contributed by atoms with E-state index >= 15 is 0 Å². The van der Waals surface area contributed by atoms with Crippen molar-refractivity contribution in [2.45, 2.75) is 174 Å². The van der Waals surface area contributed by atoms with E-state index in [-0.39, 0.29) is 43.9 Å². The minimum absolute atomic E-state index is 0. The monoisotopic (exact) mass is 1630 g/mol. The maximum absolute atomic E-state index is 12.8. The number of nitrogens with one attached hydrogen (secondary N) is 3. The van der Waals surface area contributed by atoms with E-state index in [9.17, 15) is 73.9 Å². The first-order chi connectivity index (χ1) is 55.4. The van der Waals surface area contributed by atoms with Gasteiger partial charge in [-0.1, -0.05) is 134 Å². The number of aliphatic hydroxyl groups excluding tert-OH is 5. The van der Waals surface area contributed by atoms with Crippen LogP contribution in [0.2, 0.25) is 0 Å². The van der Waals surface area contributed by atoms with Crippen molar-refractivity contribution >= 4 is 17.8 Å². The van der Waals surface area contributed by atoms with Gasteiger partial charge in [0.25, 0.3) is 16.7 Å². The molecule has 6 aromatic heterocycles. The highest BCUT2D eigenvalue weighted by molar-refractivity contribution is 5.90. The summed E-state index contributed by atoms with van der Waals surface area (Å²) in [6.45, 7) is 18.7. The molecule has 0 unspecified atom stereocenters. The Balaban J connectivity index is 0.000000206. The van der Waals surface area contributed by atoms with Gasteiger partial charge >= 0.3 is 40.4 Å². The summed E-state index contributed by atoms with van der Waals surface area (Å²) in [6.07, 6.45) is 1.17. The Labute approximate surface area is 662 Å².